The summed E-state index contributed by atoms with van der Waals surface area (Å²) < 4.78 is 25.8. The molecule has 4 N–H and O–H groups in total. The SMILES string of the molecule is CCCS(=O)(=O)N1CCN(c2cccc(N)c2C(C)N)CC1. The summed E-state index contributed by atoms with van der Waals surface area (Å²) in [6, 6.07) is 5.62. The van der Waals surface area contributed by atoms with Crippen molar-refractivity contribution in [1.82, 2.24) is 4.31 Å². The summed E-state index contributed by atoms with van der Waals surface area (Å²) in [5, 5.41) is 0. The van der Waals surface area contributed by atoms with E-state index in [1.165, 1.54) is 0 Å². The molecular formula is C15H26N4O2S. The van der Waals surface area contributed by atoms with E-state index in [2.05, 4.69) is 4.90 Å². The number of hydrogen-bond donors (Lipinski definition) is 2. The first kappa shape index (κ1) is 17.1. The van der Waals surface area contributed by atoms with Crippen LogP contribution in [0.2, 0.25) is 0 Å². The van der Waals surface area contributed by atoms with Crippen molar-refractivity contribution in [1.29, 1.82) is 0 Å². The van der Waals surface area contributed by atoms with E-state index in [9.17, 15) is 8.42 Å². The second kappa shape index (κ2) is 6.85. The molecule has 1 aliphatic rings. The third-order valence-corrected chi connectivity index (χ3v) is 6.08. The van der Waals surface area contributed by atoms with Crippen LogP contribution in [-0.4, -0.2) is 44.7 Å². The molecule has 1 saturated heterocycles. The molecule has 22 heavy (non-hydrogen) atoms. The van der Waals surface area contributed by atoms with Crippen LogP contribution < -0.4 is 16.4 Å². The van der Waals surface area contributed by atoms with Crippen LogP contribution in [0.4, 0.5) is 11.4 Å². The summed E-state index contributed by atoms with van der Waals surface area (Å²) in [6.07, 6.45) is 0.645. The van der Waals surface area contributed by atoms with E-state index in [4.69, 9.17) is 11.5 Å². The minimum Gasteiger partial charge on any atom is -0.398 e. The van der Waals surface area contributed by atoms with Gasteiger partial charge in [-0.3, -0.25) is 0 Å². The van der Waals surface area contributed by atoms with Crippen molar-refractivity contribution in [2.45, 2.75) is 26.3 Å². The van der Waals surface area contributed by atoms with Crippen LogP contribution >= 0.6 is 0 Å². The van der Waals surface area contributed by atoms with Crippen LogP contribution in [-0.2, 0) is 10.0 Å². The van der Waals surface area contributed by atoms with Crippen LogP contribution in [0.5, 0.6) is 0 Å². The topological polar surface area (TPSA) is 92.7 Å². The van der Waals surface area contributed by atoms with Gasteiger partial charge in [0, 0.05) is 49.2 Å². The van der Waals surface area contributed by atoms with E-state index in [1.807, 2.05) is 32.0 Å². The van der Waals surface area contributed by atoms with Crippen LogP contribution in [0.25, 0.3) is 0 Å². The lowest BCUT2D eigenvalue weighted by Gasteiger charge is -2.37. The van der Waals surface area contributed by atoms with Crippen molar-refractivity contribution in [3.8, 4) is 0 Å². The third-order valence-electron chi connectivity index (χ3n) is 4.01. The largest absolute Gasteiger partial charge is 0.398 e. The van der Waals surface area contributed by atoms with Crippen molar-refractivity contribution in [3.05, 3.63) is 23.8 Å². The predicted molar refractivity (Wildman–Crippen MR) is 91.3 cm³/mol. The number of nitrogens with two attached hydrogens (primary N) is 2. The number of sulfonamides is 1. The molecule has 0 aliphatic carbocycles. The third kappa shape index (κ3) is 3.53. The lowest BCUT2D eigenvalue weighted by Crippen LogP contribution is -2.49. The van der Waals surface area contributed by atoms with Crippen LogP contribution in [0.3, 0.4) is 0 Å². The number of rotatable bonds is 5. The summed E-state index contributed by atoms with van der Waals surface area (Å²) in [5.74, 6) is 0.219. The molecule has 1 fully saturated rings. The van der Waals surface area contributed by atoms with Gasteiger partial charge in [-0.1, -0.05) is 13.0 Å². The fourth-order valence-electron chi connectivity index (χ4n) is 2.94. The highest BCUT2D eigenvalue weighted by Gasteiger charge is 2.27. The van der Waals surface area contributed by atoms with Crippen molar-refractivity contribution < 1.29 is 8.42 Å². The maximum absolute atomic E-state index is 12.1. The van der Waals surface area contributed by atoms with Gasteiger partial charge in [0.25, 0.3) is 0 Å². The number of nitrogen functional groups attached to an aromatic ring is 1. The second-order valence-electron chi connectivity index (χ2n) is 5.77. The van der Waals surface area contributed by atoms with Gasteiger partial charge in [0.2, 0.25) is 10.0 Å². The maximum Gasteiger partial charge on any atom is 0.214 e. The molecule has 1 unspecified atom stereocenters. The molecular weight excluding hydrogens is 300 g/mol. The summed E-state index contributed by atoms with van der Waals surface area (Å²) in [5.41, 5.74) is 14.7. The normalized spacial score (nSPS) is 18.4. The maximum atomic E-state index is 12.1. The van der Waals surface area contributed by atoms with Gasteiger partial charge in [0.1, 0.15) is 0 Å². The molecule has 0 radical (unpaired) electrons. The average Bonchev–Trinajstić information content (AvgIpc) is 2.46. The second-order valence-corrected chi connectivity index (χ2v) is 7.86. The van der Waals surface area contributed by atoms with Crippen molar-refractivity contribution in [2.24, 2.45) is 5.73 Å². The molecule has 124 valence electrons. The fourth-order valence-corrected chi connectivity index (χ4v) is 4.43. The lowest BCUT2D eigenvalue weighted by molar-refractivity contribution is 0.384. The monoisotopic (exact) mass is 326 g/mol. The molecule has 1 atom stereocenters. The Morgan fingerprint density at radius 2 is 1.86 bits per heavy atom. The minimum absolute atomic E-state index is 0.155. The molecule has 0 saturated carbocycles. The molecule has 0 spiro atoms. The summed E-state index contributed by atoms with van der Waals surface area (Å²) in [4.78, 5) is 2.17. The van der Waals surface area contributed by atoms with Gasteiger partial charge in [-0.2, -0.15) is 4.31 Å². The Morgan fingerprint density at radius 1 is 1.23 bits per heavy atom. The quantitative estimate of drug-likeness (QED) is 0.792. The number of piperazine rings is 1. The smallest absolute Gasteiger partial charge is 0.214 e. The van der Waals surface area contributed by atoms with Crippen molar-refractivity contribution in [2.75, 3.05) is 42.6 Å². The highest BCUT2D eigenvalue weighted by atomic mass is 32.2. The zero-order valence-corrected chi connectivity index (χ0v) is 14.1. The molecule has 6 nitrogen and oxygen atoms in total. The Labute approximate surface area is 133 Å². The van der Waals surface area contributed by atoms with E-state index in [1.54, 1.807) is 4.31 Å². The molecule has 2 rings (SSSR count). The Balaban J connectivity index is 2.15. The first-order valence-corrected chi connectivity index (χ1v) is 9.34. The molecule has 1 heterocycles. The van der Waals surface area contributed by atoms with Gasteiger partial charge in [-0.25, -0.2) is 8.42 Å². The Kier molecular flexibility index (Phi) is 5.31. The average molecular weight is 326 g/mol. The van der Waals surface area contributed by atoms with E-state index >= 15 is 0 Å². The zero-order chi connectivity index (χ0) is 16.3. The minimum atomic E-state index is -3.12. The molecule has 1 aliphatic heterocycles. The molecule has 0 amide bonds. The number of anilines is 2. The zero-order valence-electron chi connectivity index (χ0n) is 13.3. The van der Waals surface area contributed by atoms with E-state index < -0.39 is 10.0 Å². The first-order chi connectivity index (χ1) is 10.4. The molecule has 1 aromatic rings. The molecule has 0 bridgehead atoms. The Hall–Kier alpha value is -1.31. The summed E-state index contributed by atoms with van der Waals surface area (Å²) >= 11 is 0. The van der Waals surface area contributed by atoms with Gasteiger partial charge in [0.15, 0.2) is 0 Å². The van der Waals surface area contributed by atoms with Gasteiger partial charge in [-0.15, -0.1) is 0 Å². The van der Waals surface area contributed by atoms with Crippen LogP contribution in [0, 0.1) is 0 Å². The highest BCUT2D eigenvalue weighted by Crippen LogP contribution is 2.31. The first-order valence-electron chi connectivity index (χ1n) is 7.73. The van der Waals surface area contributed by atoms with Crippen LogP contribution in [0.1, 0.15) is 31.9 Å². The van der Waals surface area contributed by atoms with Crippen molar-refractivity contribution in [3.63, 3.8) is 0 Å². The van der Waals surface area contributed by atoms with E-state index in [-0.39, 0.29) is 11.8 Å². The lowest BCUT2D eigenvalue weighted by atomic mass is 10.0. The molecule has 1 aromatic carbocycles. The fraction of sp³-hybridized carbons (Fsp3) is 0.600. The molecule has 7 heteroatoms. The standard InChI is InChI=1S/C15H26N4O2S/c1-3-11-22(20,21)19-9-7-18(8-10-19)14-6-4-5-13(17)15(14)12(2)16/h4-6,12H,3,7-11,16-17H2,1-2H3. The van der Waals surface area contributed by atoms with Gasteiger partial charge < -0.3 is 16.4 Å². The van der Waals surface area contributed by atoms with E-state index in [0.29, 0.717) is 38.3 Å². The Morgan fingerprint density at radius 3 is 2.41 bits per heavy atom. The van der Waals surface area contributed by atoms with Gasteiger partial charge in [0.05, 0.1) is 5.75 Å². The number of nitrogens with zero attached hydrogens (tertiary/aromatic N) is 2. The van der Waals surface area contributed by atoms with Crippen molar-refractivity contribution >= 4 is 21.4 Å². The highest BCUT2D eigenvalue weighted by molar-refractivity contribution is 7.89. The predicted octanol–water partition coefficient (Wildman–Crippen LogP) is 1.15. The summed E-state index contributed by atoms with van der Waals surface area (Å²) in [7, 11) is -3.12. The van der Waals surface area contributed by atoms with Crippen LogP contribution in [0.15, 0.2) is 18.2 Å². The Bertz CT molecular complexity index is 608. The summed E-state index contributed by atoms with van der Waals surface area (Å²) in [6.45, 7) is 6.13. The van der Waals surface area contributed by atoms with E-state index in [0.717, 1.165) is 11.3 Å². The number of benzene rings is 1. The van der Waals surface area contributed by atoms with Gasteiger partial charge >= 0.3 is 0 Å². The van der Waals surface area contributed by atoms with Gasteiger partial charge in [-0.05, 0) is 25.5 Å². The number of hydrogen-bond acceptors (Lipinski definition) is 5. The molecule has 0 aromatic heterocycles.